The van der Waals surface area contributed by atoms with Crippen LogP contribution in [-0.4, -0.2) is 19.9 Å². The van der Waals surface area contributed by atoms with Gasteiger partial charge in [0.15, 0.2) is 4.77 Å². The maximum atomic E-state index is 11.8. The number of ether oxygens (including phenoxy) is 1. The second kappa shape index (κ2) is 6.97. The molecule has 1 aromatic carbocycles. The zero-order chi connectivity index (χ0) is 16.1. The number of hydrogen-bond acceptors (Lipinski definition) is 5. The summed E-state index contributed by atoms with van der Waals surface area (Å²) < 4.78 is 5.83. The summed E-state index contributed by atoms with van der Waals surface area (Å²) >= 11 is 4.86. The third kappa shape index (κ3) is 4.10. The van der Waals surface area contributed by atoms with Crippen LogP contribution in [-0.2, 0) is 13.0 Å². The van der Waals surface area contributed by atoms with E-state index in [9.17, 15) is 4.79 Å². The molecule has 0 bridgehead atoms. The van der Waals surface area contributed by atoms with Gasteiger partial charge in [-0.05, 0) is 23.3 Å². The Morgan fingerprint density at radius 3 is 2.52 bits per heavy atom. The zero-order valence-corrected chi connectivity index (χ0v) is 13.0. The van der Waals surface area contributed by atoms with E-state index in [0.29, 0.717) is 29.4 Å². The summed E-state index contributed by atoms with van der Waals surface area (Å²) in [5.74, 6) is 0. The molecule has 0 spiro atoms. The van der Waals surface area contributed by atoms with Gasteiger partial charge in [0.25, 0.3) is 5.56 Å². The summed E-state index contributed by atoms with van der Waals surface area (Å²) in [5, 5.41) is 0. The van der Waals surface area contributed by atoms with E-state index in [1.165, 1.54) is 0 Å². The lowest BCUT2D eigenvalue weighted by Gasteiger charge is -2.05. The van der Waals surface area contributed by atoms with Crippen LogP contribution in [0.25, 0.3) is 0 Å². The van der Waals surface area contributed by atoms with Crippen LogP contribution in [0.1, 0.15) is 16.7 Å². The number of aromatic amines is 2. The van der Waals surface area contributed by atoms with Crippen LogP contribution >= 0.6 is 12.2 Å². The number of benzene rings is 1. The Morgan fingerprint density at radius 2 is 1.83 bits per heavy atom. The molecule has 2 aromatic heterocycles. The van der Waals surface area contributed by atoms with Gasteiger partial charge in [-0.25, -0.2) is 9.97 Å². The van der Waals surface area contributed by atoms with Gasteiger partial charge in [-0.15, -0.1) is 0 Å². The lowest BCUT2D eigenvalue weighted by Crippen LogP contribution is -2.14. The lowest BCUT2D eigenvalue weighted by atomic mass is 10.1. The molecule has 6 nitrogen and oxygen atoms in total. The van der Waals surface area contributed by atoms with Gasteiger partial charge in [0.1, 0.15) is 6.61 Å². The van der Waals surface area contributed by atoms with Gasteiger partial charge in [0.05, 0.1) is 0 Å². The highest BCUT2D eigenvalue weighted by Gasteiger charge is 2.04. The molecule has 0 aliphatic rings. The quantitative estimate of drug-likeness (QED) is 0.703. The summed E-state index contributed by atoms with van der Waals surface area (Å²) in [7, 11) is 0. The first-order valence-electron chi connectivity index (χ1n) is 6.99. The van der Waals surface area contributed by atoms with Crippen molar-refractivity contribution in [1.82, 2.24) is 19.9 Å². The molecule has 0 unspecified atom stereocenters. The number of hydrogen-bond donors (Lipinski definition) is 2. The fourth-order valence-electron chi connectivity index (χ4n) is 2.02. The summed E-state index contributed by atoms with van der Waals surface area (Å²) in [5.41, 5.74) is 2.22. The third-order valence-electron chi connectivity index (χ3n) is 3.18. The monoisotopic (exact) mass is 326 g/mol. The Hall–Kier alpha value is -2.80. The first-order valence-corrected chi connectivity index (χ1v) is 7.40. The molecule has 3 rings (SSSR count). The van der Waals surface area contributed by atoms with Gasteiger partial charge < -0.3 is 9.72 Å². The van der Waals surface area contributed by atoms with E-state index < -0.39 is 0 Å². The Labute approximate surface area is 137 Å². The summed E-state index contributed by atoms with van der Waals surface area (Å²) in [4.78, 5) is 25.4. The maximum absolute atomic E-state index is 11.8. The zero-order valence-electron chi connectivity index (χ0n) is 12.2. The third-order valence-corrected chi connectivity index (χ3v) is 3.40. The molecule has 0 aliphatic carbocycles. The van der Waals surface area contributed by atoms with Gasteiger partial charge in [0, 0.05) is 30.6 Å². The Balaban J connectivity index is 1.65. The average molecular weight is 326 g/mol. The molecule has 23 heavy (non-hydrogen) atoms. The van der Waals surface area contributed by atoms with Crippen molar-refractivity contribution in [2.24, 2.45) is 0 Å². The molecule has 0 saturated carbocycles. The molecule has 2 N–H and O–H groups in total. The van der Waals surface area contributed by atoms with Gasteiger partial charge in [-0.2, -0.15) is 0 Å². The average Bonchev–Trinajstić information content (AvgIpc) is 2.58. The Kier molecular flexibility index (Phi) is 4.58. The molecule has 0 saturated heterocycles. The van der Waals surface area contributed by atoms with Crippen LogP contribution in [0.2, 0.25) is 0 Å². The standard InChI is InChI=1S/C16H14N4O2S/c21-14-13(9-19-16(23)20-14)6-12-7-17-15(18-8-12)22-10-11-4-2-1-3-5-11/h1-5,7-9H,6,10H2,(H2,19,20,21,23). The van der Waals surface area contributed by atoms with E-state index in [1.54, 1.807) is 18.6 Å². The number of nitrogens with one attached hydrogen (secondary N) is 2. The van der Waals surface area contributed by atoms with E-state index in [-0.39, 0.29) is 5.56 Å². The van der Waals surface area contributed by atoms with E-state index in [2.05, 4.69) is 19.9 Å². The second-order valence-corrected chi connectivity index (χ2v) is 5.33. The Bertz CT molecular complexity index is 888. The van der Waals surface area contributed by atoms with Crippen LogP contribution in [0.5, 0.6) is 6.01 Å². The van der Waals surface area contributed by atoms with Crippen LogP contribution in [0.15, 0.2) is 53.7 Å². The highest BCUT2D eigenvalue weighted by atomic mass is 32.1. The minimum Gasteiger partial charge on any atom is -0.459 e. The van der Waals surface area contributed by atoms with E-state index in [4.69, 9.17) is 17.0 Å². The highest BCUT2D eigenvalue weighted by Crippen LogP contribution is 2.08. The van der Waals surface area contributed by atoms with E-state index in [1.807, 2.05) is 30.3 Å². The number of rotatable bonds is 5. The summed E-state index contributed by atoms with van der Waals surface area (Å²) in [6, 6.07) is 10.1. The molecule has 0 fully saturated rings. The Morgan fingerprint density at radius 1 is 1.09 bits per heavy atom. The van der Waals surface area contributed by atoms with Gasteiger partial charge in [-0.3, -0.25) is 9.78 Å². The van der Waals surface area contributed by atoms with Crippen molar-refractivity contribution in [2.45, 2.75) is 13.0 Å². The van der Waals surface area contributed by atoms with Crippen LogP contribution < -0.4 is 10.3 Å². The van der Waals surface area contributed by atoms with Crippen molar-refractivity contribution < 1.29 is 4.74 Å². The van der Waals surface area contributed by atoms with Crippen LogP contribution in [0, 0.1) is 4.77 Å². The van der Waals surface area contributed by atoms with Gasteiger partial charge >= 0.3 is 6.01 Å². The SMILES string of the molecule is O=c1[nH]c(=S)[nH]cc1Cc1cnc(OCc2ccccc2)nc1. The van der Waals surface area contributed by atoms with Crippen molar-refractivity contribution >= 4 is 12.2 Å². The van der Waals surface area contributed by atoms with Crippen LogP contribution in [0.3, 0.4) is 0 Å². The van der Waals surface area contributed by atoms with E-state index in [0.717, 1.165) is 11.1 Å². The molecule has 0 atom stereocenters. The number of aromatic nitrogens is 4. The normalized spacial score (nSPS) is 10.4. The molecular weight excluding hydrogens is 312 g/mol. The lowest BCUT2D eigenvalue weighted by molar-refractivity contribution is 0.280. The second-order valence-electron chi connectivity index (χ2n) is 4.92. The predicted molar refractivity (Wildman–Crippen MR) is 87.9 cm³/mol. The van der Waals surface area contributed by atoms with Crippen molar-refractivity contribution in [1.29, 1.82) is 0 Å². The minimum absolute atomic E-state index is 0.210. The topological polar surface area (TPSA) is 83.7 Å². The first-order chi connectivity index (χ1) is 11.2. The van der Waals surface area contributed by atoms with Crippen molar-refractivity contribution in [3.63, 3.8) is 0 Å². The van der Waals surface area contributed by atoms with Crippen molar-refractivity contribution in [3.05, 3.63) is 80.7 Å². The molecule has 0 aliphatic heterocycles. The van der Waals surface area contributed by atoms with Crippen molar-refractivity contribution in [3.8, 4) is 6.01 Å². The van der Waals surface area contributed by atoms with Gasteiger partial charge in [0.2, 0.25) is 0 Å². The minimum atomic E-state index is -0.210. The fourth-order valence-corrected chi connectivity index (χ4v) is 2.17. The fraction of sp³-hybridized carbons (Fsp3) is 0.125. The number of H-pyrrole nitrogens is 2. The first kappa shape index (κ1) is 15.1. The van der Waals surface area contributed by atoms with Crippen LogP contribution in [0.4, 0.5) is 0 Å². The predicted octanol–water partition coefficient (Wildman–Crippen LogP) is 2.39. The maximum Gasteiger partial charge on any atom is 0.316 e. The van der Waals surface area contributed by atoms with Gasteiger partial charge in [-0.1, -0.05) is 30.3 Å². The molecular formula is C16H14N4O2S. The summed E-state index contributed by atoms with van der Waals surface area (Å²) in [6.45, 7) is 0.412. The highest BCUT2D eigenvalue weighted by molar-refractivity contribution is 7.71. The molecule has 2 heterocycles. The molecule has 0 amide bonds. The number of nitrogens with zero attached hydrogens (tertiary/aromatic N) is 2. The molecule has 0 radical (unpaired) electrons. The van der Waals surface area contributed by atoms with E-state index >= 15 is 0 Å². The van der Waals surface area contributed by atoms with Crippen molar-refractivity contribution in [2.75, 3.05) is 0 Å². The smallest absolute Gasteiger partial charge is 0.316 e. The molecule has 7 heteroatoms. The molecule has 3 aromatic rings. The summed E-state index contributed by atoms with van der Waals surface area (Å²) in [6.07, 6.45) is 5.31. The molecule has 116 valence electrons. The largest absolute Gasteiger partial charge is 0.459 e.